The molecule has 1 amide bonds. The number of aryl methyl sites for hydroxylation is 2. The maximum Gasteiger partial charge on any atom is 0.297 e. The molecular formula is C17H12F2N6OS. The van der Waals surface area contributed by atoms with Crippen molar-refractivity contribution in [3.63, 3.8) is 0 Å². The number of rotatable bonds is 3. The molecule has 0 unspecified atom stereocenters. The largest absolute Gasteiger partial charge is 0.297 e. The molecule has 136 valence electrons. The van der Waals surface area contributed by atoms with Gasteiger partial charge < -0.3 is 0 Å². The molecule has 0 aliphatic heterocycles. The first-order chi connectivity index (χ1) is 12.9. The molecule has 0 bridgehead atoms. The highest BCUT2D eigenvalue weighted by atomic mass is 32.1. The normalized spacial score (nSPS) is 11.1. The summed E-state index contributed by atoms with van der Waals surface area (Å²) >= 11 is 1.08. The minimum atomic E-state index is -0.599. The van der Waals surface area contributed by atoms with Crippen molar-refractivity contribution < 1.29 is 13.6 Å². The number of nitrogens with one attached hydrogen (secondary N) is 1. The van der Waals surface area contributed by atoms with E-state index in [1.165, 1.54) is 9.90 Å². The highest BCUT2D eigenvalue weighted by Gasteiger charge is 2.17. The summed E-state index contributed by atoms with van der Waals surface area (Å²) in [5.74, 6) is -1.49. The smallest absolute Gasteiger partial charge is 0.295 e. The third-order valence-electron chi connectivity index (χ3n) is 3.75. The number of halogens is 2. The molecule has 4 rings (SSSR count). The first kappa shape index (κ1) is 17.2. The third kappa shape index (κ3) is 3.26. The minimum Gasteiger partial charge on any atom is -0.295 e. The first-order valence-corrected chi connectivity index (χ1v) is 8.72. The molecular weight excluding hydrogens is 374 g/mol. The lowest BCUT2D eigenvalue weighted by molar-refractivity contribution is 0.101. The summed E-state index contributed by atoms with van der Waals surface area (Å²) in [6.45, 7) is 3.66. The Kier molecular flexibility index (Phi) is 4.11. The molecule has 7 nitrogen and oxygen atoms in total. The Morgan fingerprint density at radius 3 is 2.78 bits per heavy atom. The van der Waals surface area contributed by atoms with Crippen molar-refractivity contribution in [3.8, 4) is 11.3 Å². The molecule has 3 heterocycles. The Bertz CT molecular complexity index is 1190. The van der Waals surface area contributed by atoms with Gasteiger partial charge in [0.2, 0.25) is 5.82 Å². The van der Waals surface area contributed by atoms with E-state index in [4.69, 9.17) is 0 Å². The van der Waals surface area contributed by atoms with Gasteiger partial charge in [0.25, 0.3) is 11.7 Å². The van der Waals surface area contributed by atoms with E-state index in [0.717, 1.165) is 40.9 Å². The number of hydrogen-bond donors (Lipinski definition) is 1. The van der Waals surface area contributed by atoms with Crippen molar-refractivity contribution in [3.05, 3.63) is 58.5 Å². The molecule has 0 aliphatic carbocycles. The second-order valence-electron chi connectivity index (χ2n) is 5.80. The van der Waals surface area contributed by atoms with Gasteiger partial charge >= 0.3 is 0 Å². The van der Waals surface area contributed by atoms with Crippen molar-refractivity contribution in [2.45, 2.75) is 13.8 Å². The van der Waals surface area contributed by atoms with Crippen LogP contribution in [0.1, 0.15) is 22.0 Å². The number of hydrogen-bond acceptors (Lipinski definition) is 6. The second kappa shape index (κ2) is 6.47. The molecule has 27 heavy (non-hydrogen) atoms. The molecule has 10 heteroatoms. The molecule has 0 saturated heterocycles. The van der Waals surface area contributed by atoms with Gasteiger partial charge in [0.15, 0.2) is 5.13 Å². The summed E-state index contributed by atoms with van der Waals surface area (Å²) < 4.78 is 28.7. The number of fused-ring (bicyclic) bond motifs is 1. The number of thiazole rings is 1. The SMILES string of the molecule is Cc1cc(C)n2nc(C(=O)Nc3nc(-c4cc(F)ccc4F)cs3)nc2n1. The standard InChI is InChI=1S/C17H12F2N6OS/c1-8-5-9(2)25-16(20-8)22-14(24-25)15(26)23-17-21-13(7-27-17)11-6-10(18)3-4-12(11)19/h3-7H,1-2H3,(H,21,23,26). The van der Waals surface area contributed by atoms with E-state index in [9.17, 15) is 13.6 Å². The summed E-state index contributed by atoms with van der Waals surface area (Å²) in [7, 11) is 0. The first-order valence-electron chi connectivity index (χ1n) is 7.84. The van der Waals surface area contributed by atoms with Gasteiger partial charge in [-0.05, 0) is 38.1 Å². The number of amides is 1. The molecule has 4 aromatic rings. The highest BCUT2D eigenvalue weighted by Crippen LogP contribution is 2.27. The summed E-state index contributed by atoms with van der Waals surface area (Å²) in [5, 5.41) is 8.45. The summed E-state index contributed by atoms with van der Waals surface area (Å²) in [6, 6.07) is 4.93. The zero-order chi connectivity index (χ0) is 19.1. The van der Waals surface area contributed by atoms with Gasteiger partial charge in [0, 0.05) is 22.3 Å². The molecule has 0 radical (unpaired) electrons. The zero-order valence-electron chi connectivity index (χ0n) is 14.2. The van der Waals surface area contributed by atoms with Gasteiger partial charge in [-0.15, -0.1) is 16.4 Å². The fourth-order valence-electron chi connectivity index (χ4n) is 2.56. The van der Waals surface area contributed by atoms with Gasteiger partial charge in [0.1, 0.15) is 11.6 Å². The van der Waals surface area contributed by atoms with Crippen LogP contribution in [-0.4, -0.2) is 30.5 Å². The number of nitrogens with zero attached hydrogens (tertiary/aromatic N) is 5. The Hall–Kier alpha value is -3.27. The van der Waals surface area contributed by atoms with Crippen molar-refractivity contribution in [2.24, 2.45) is 0 Å². The number of aromatic nitrogens is 5. The van der Waals surface area contributed by atoms with Gasteiger partial charge in [0.05, 0.1) is 5.69 Å². The lowest BCUT2D eigenvalue weighted by Gasteiger charge is -1.99. The van der Waals surface area contributed by atoms with Crippen LogP contribution < -0.4 is 5.32 Å². The molecule has 0 atom stereocenters. The van der Waals surface area contributed by atoms with E-state index >= 15 is 0 Å². The fourth-order valence-corrected chi connectivity index (χ4v) is 3.27. The van der Waals surface area contributed by atoms with Crippen LogP contribution in [0.3, 0.4) is 0 Å². The number of carbonyl (C=O) groups excluding carboxylic acids is 1. The lowest BCUT2D eigenvalue weighted by Crippen LogP contribution is -2.13. The number of carbonyl (C=O) groups is 1. The average Bonchev–Trinajstić information content (AvgIpc) is 3.24. The Balaban J connectivity index is 1.60. The Morgan fingerprint density at radius 2 is 1.96 bits per heavy atom. The quantitative estimate of drug-likeness (QED) is 0.583. The van der Waals surface area contributed by atoms with Crippen LogP contribution in [-0.2, 0) is 0 Å². The van der Waals surface area contributed by atoms with E-state index in [1.807, 2.05) is 19.9 Å². The molecule has 3 aromatic heterocycles. The van der Waals surface area contributed by atoms with Crippen molar-refractivity contribution >= 4 is 28.2 Å². The Morgan fingerprint density at radius 1 is 1.15 bits per heavy atom. The maximum atomic E-state index is 13.9. The monoisotopic (exact) mass is 386 g/mol. The van der Waals surface area contributed by atoms with Crippen molar-refractivity contribution in [1.82, 2.24) is 24.6 Å². The summed E-state index contributed by atoms with van der Waals surface area (Å²) in [5.41, 5.74) is 1.81. The van der Waals surface area contributed by atoms with Crippen LogP contribution in [0.4, 0.5) is 13.9 Å². The van der Waals surface area contributed by atoms with Crippen LogP contribution in [0.2, 0.25) is 0 Å². The zero-order valence-corrected chi connectivity index (χ0v) is 15.0. The van der Waals surface area contributed by atoms with Crippen LogP contribution >= 0.6 is 11.3 Å². The molecule has 1 N–H and O–H groups in total. The molecule has 0 fully saturated rings. The van der Waals surface area contributed by atoms with Gasteiger partial charge in [-0.3, -0.25) is 10.1 Å². The summed E-state index contributed by atoms with van der Waals surface area (Å²) in [4.78, 5) is 24.9. The van der Waals surface area contributed by atoms with Crippen LogP contribution in [0.25, 0.3) is 17.0 Å². The van der Waals surface area contributed by atoms with Crippen molar-refractivity contribution in [2.75, 3.05) is 5.32 Å². The Labute approximate surface area is 155 Å². The molecule has 0 aliphatic rings. The van der Waals surface area contributed by atoms with Crippen LogP contribution in [0.15, 0.2) is 29.6 Å². The van der Waals surface area contributed by atoms with E-state index < -0.39 is 17.5 Å². The van der Waals surface area contributed by atoms with Gasteiger partial charge in [-0.25, -0.2) is 23.3 Å². The third-order valence-corrected chi connectivity index (χ3v) is 4.51. The predicted octanol–water partition coefficient (Wildman–Crippen LogP) is 3.40. The molecule has 0 saturated carbocycles. The van der Waals surface area contributed by atoms with E-state index in [1.54, 1.807) is 0 Å². The van der Waals surface area contributed by atoms with Crippen molar-refractivity contribution in [1.29, 1.82) is 0 Å². The fraction of sp³-hybridized carbons (Fsp3) is 0.118. The van der Waals surface area contributed by atoms with E-state index in [2.05, 4.69) is 25.4 Å². The average molecular weight is 386 g/mol. The number of anilines is 1. The maximum absolute atomic E-state index is 13.9. The second-order valence-corrected chi connectivity index (χ2v) is 6.66. The number of benzene rings is 1. The van der Waals surface area contributed by atoms with E-state index in [0.29, 0.717) is 5.78 Å². The predicted molar refractivity (Wildman–Crippen MR) is 95.7 cm³/mol. The molecule has 1 aromatic carbocycles. The van der Waals surface area contributed by atoms with Gasteiger partial charge in [-0.2, -0.15) is 4.98 Å². The minimum absolute atomic E-state index is 0.0212. The highest BCUT2D eigenvalue weighted by molar-refractivity contribution is 7.14. The summed E-state index contributed by atoms with van der Waals surface area (Å²) in [6.07, 6.45) is 0. The molecule has 0 spiro atoms. The lowest BCUT2D eigenvalue weighted by atomic mass is 10.1. The van der Waals surface area contributed by atoms with E-state index in [-0.39, 0.29) is 22.2 Å². The van der Waals surface area contributed by atoms with Crippen LogP contribution in [0.5, 0.6) is 0 Å². The topological polar surface area (TPSA) is 85.1 Å². The van der Waals surface area contributed by atoms with Crippen LogP contribution in [0, 0.1) is 25.5 Å². The van der Waals surface area contributed by atoms with Gasteiger partial charge in [-0.1, -0.05) is 0 Å².